The molecule has 0 atom stereocenters. The van der Waals surface area contributed by atoms with Crippen molar-refractivity contribution in [2.24, 2.45) is 20.0 Å². The maximum atomic E-state index is 12.4. The summed E-state index contributed by atoms with van der Waals surface area (Å²) in [5, 5.41) is 11.9. The van der Waals surface area contributed by atoms with Gasteiger partial charge in [-0.05, 0) is 5.92 Å². The molecule has 0 saturated heterocycles. The van der Waals surface area contributed by atoms with Gasteiger partial charge in [0, 0.05) is 27.2 Å². The quantitative estimate of drug-likeness (QED) is 0.775. The average Bonchev–Trinajstić information content (AvgIpc) is 2.78. The minimum atomic E-state index is -0.407. The van der Waals surface area contributed by atoms with E-state index >= 15 is 0 Å². The van der Waals surface area contributed by atoms with Crippen molar-refractivity contribution in [2.75, 3.05) is 18.5 Å². The molecule has 2 N–H and O–H groups in total. The molecule has 0 amide bonds. The smallest absolute Gasteiger partial charge is 0.332 e. The summed E-state index contributed by atoms with van der Waals surface area (Å²) >= 11 is 0. The average molecular weight is 295 g/mol. The van der Waals surface area contributed by atoms with Gasteiger partial charge in [-0.3, -0.25) is 13.9 Å². The number of nitrogens with one attached hydrogen (secondary N) is 1. The van der Waals surface area contributed by atoms with Crippen molar-refractivity contribution in [3.05, 3.63) is 20.8 Å². The van der Waals surface area contributed by atoms with Crippen LogP contribution in [0.5, 0.6) is 0 Å². The molecule has 0 aliphatic heterocycles. The molecule has 0 saturated carbocycles. The van der Waals surface area contributed by atoms with Gasteiger partial charge in [-0.25, -0.2) is 4.79 Å². The van der Waals surface area contributed by atoms with E-state index in [-0.39, 0.29) is 12.2 Å². The van der Waals surface area contributed by atoms with Crippen molar-refractivity contribution in [3.8, 4) is 0 Å². The lowest BCUT2D eigenvalue weighted by atomic mass is 10.2. The lowest BCUT2D eigenvalue weighted by Gasteiger charge is -2.12. The summed E-state index contributed by atoms with van der Waals surface area (Å²) in [6.07, 6.45) is 0. The summed E-state index contributed by atoms with van der Waals surface area (Å²) in [6, 6.07) is 0. The van der Waals surface area contributed by atoms with Crippen molar-refractivity contribution in [1.82, 2.24) is 18.7 Å². The minimum absolute atomic E-state index is 0.0399. The van der Waals surface area contributed by atoms with Crippen LogP contribution in [0.4, 0.5) is 5.95 Å². The Balaban J connectivity index is 2.80. The highest BCUT2D eigenvalue weighted by molar-refractivity contribution is 5.74. The molecule has 8 heteroatoms. The SMILES string of the molecule is CC(C)Cn1c(NCCO)nc2c1c(=O)n(C)c(=O)n2C. The van der Waals surface area contributed by atoms with Crippen LogP contribution in [-0.4, -0.2) is 36.9 Å². The number of aliphatic hydroxyl groups excluding tert-OH is 1. The van der Waals surface area contributed by atoms with Crippen LogP contribution in [0.1, 0.15) is 13.8 Å². The fourth-order valence-corrected chi connectivity index (χ4v) is 2.29. The van der Waals surface area contributed by atoms with Gasteiger partial charge in [0.25, 0.3) is 5.56 Å². The van der Waals surface area contributed by atoms with Crippen LogP contribution >= 0.6 is 0 Å². The number of imidazole rings is 1. The van der Waals surface area contributed by atoms with Crippen LogP contribution in [0.2, 0.25) is 0 Å². The van der Waals surface area contributed by atoms with Crippen LogP contribution < -0.4 is 16.6 Å². The Labute approximate surface area is 121 Å². The number of aryl methyl sites for hydroxylation is 1. The molecule has 2 aromatic rings. The highest BCUT2D eigenvalue weighted by atomic mass is 16.3. The number of aromatic nitrogens is 4. The molecule has 2 aromatic heterocycles. The van der Waals surface area contributed by atoms with Gasteiger partial charge in [0.1, 0.15) is 0 Å². The first kappa shape index (κ1) is 15.3. The number of aliphatic hydroxyl groups is 1. The number of nitrogens with zero attached hydrogens (tertiary/aromatic N) is 4. The normalized spacial score (nSPS) is 11.5. The van der Waals surface area contributed by atoms with Gasteiger partial charge < -0.3 is 15.0 Å². The Kier molecular flexibility index (Phi) is 4.17. The highest BCUT2D eigenvalue weighted by Crippen LogP contribution is 2.17. The molecule has 2 heterocycles. The summed E-state index contributed by atoms with van der Waals surface area (Å²) in [5.41, 5.74) is -0.0216. The monoisotopic (exact) mass is 295 g/mol. The molecule has 0 aliphatic carbocycles. The van der Waals surface area contributed by atoms with E-state index in [1.165, 1.54) is 11.6 Å². The minimum Gasteiger partial charge on any atom is -0.395 e. The molecule has 0 unspecified atom stereocenters. The third-order valence-corrected chi connectivity index (χ3v) is 3.29. The molecular weight excluding hydrogens is 274 g/mol. The van der Waals surface area contributed by atoms with Crippen molar-refractivity contribution >= 4 is 17.1 Å². The number of anilines is 1. The van der Waals surface area contributed by atoms with Gasteiger partial charge in [0.15, 0.2) is 11.2 Å². The van der Waals surface area contributed by atoms with E-state index in [2.05, 4.69) is 10.3 Å². The van der Waals surface area contributed by atoms with Gasteiger partial charge in [0.05, 0.1) is 6.61 Å². The summed E-state index contributed by atoms with van der Waals surface area (Å²) < 4.78 is 4.21. The van der Waals surface area contributed by atoms with Gasteiger partial charge >= 0.3 is 5.69 Å². The van der Waals surface area contributed by atoms with Crippen LogP contribution in [0, 0.1) is 5.92 Å². The van der Waals surface area contributed by atoms with Gasteiger partial charge in [-0.2, -0.15) is 4.98 Å². The molecular formula is C13H21N5O3. The zero-order valence-electron chi connectivity index (χ0n) is 12.8. The Morgan fingerprint density at radius 3 is 2.48 bits per heavy atom. The topological polar surface area (TPSA) is 94.1 Å². The van der Waals surface area contributed by atoms with Crippen LogP contribution in [0.3, 0.4) is 0 Å². The number of fused-ring (bicyclic) bond motifs is 1. The standard InChI is InChI=1S/C13H21N5O3/c1-8(2)7-18-9-10(15-12(18)14-5-6-19)16(3)13(21)17(4)11(9)20/h8,19H,5-7H2,1-4H3,(H,14,15). The number of hydrogen-bond acceptors (Lipinski definition) is 5. The molecule has 0 aliphatic rings. The zero-order valence-corrected chi connectivity index (χ0v) is 12.8. The lowest BCUT2D eigenvalue weighted by molar-refractivity contribution is 0.310. The predicted octanol–water partition coefficient (Wildman–Crippen LogP) is -0.506. The molecule has 0 spiro atoms. The molecule has 0 bridgehead atoms. The van der Waals surface area contributed by atoms with E-state index in [9.17, 15) is 9.59 Å². The van der Waals surface area contributed by atoms with E-state index in [4.69, 9.17) is 5.11 Å². The van der Waals surface area contributed by atoms with Crippen molar-refractivity contribution < 1.29 is 5.11 Å². The fraction of sp³-hybridized carbons (Fsp3) is 0.615. The number of rotatable bonds is 5. The number of hydrogen-bond donors (Lipinski definition) is 2. The van der Waals surface area contributed by atoms with Gasteiger partial charge in [-0.1, -0.05) is 13.8 Å². The van der Waals surface area contributed by atoms with E-state index in [1.54, 1.807) is 11.6 Å². The largest absolute Gasteiger partial charge is 0.395 e. The fourth-order valence-electron chi connectivity index (χ4n) is 2.29. The second kappa shape index (κ2) is 5.72. The van der Waals surface area contributed by atoms with Crippen LogP contribution in [-0.2, 0) is 20.6 Å². The molecule has 0 radical (unpaired) electrons. The maximum absolute atomic E-state index is 12.4. The molecule has 116 valence electrons. The second-order valence-electron chi connectivity index (χ2n) is 5.47. The highest BCUT2D eigenvalue weighted by Gasteiger charge is 2.19. The third-order valence-electron chi connectivity index (χ3n) is 3.29. The first-order valence-electron chi connectivity index (χ1n) is 6.89. The van der Waals surface area contributed by atoms with E-state index in [1.807, 2.05) is 13.8 Å². The van der Waals surface area contributed by atoms with E-state index in [0.717, 1.165) is 4.57 Å². The molecule has 0 fully saturated rings. The van der Waals surface area contributed by atoms with Crippen molar-refractivity contribution in [1.29, 1.82) is 0 Å². The Hall–Kier alpha value is -2.09. The Bertz CT molecular complexity index is 769. The van der Waals surface area contributed by atoms with Crippen molar-refractivity contribution in [2.45, 2.75) is 20.4 Å². The lowest BCUT2D eigenvalue weighted by Crippen LogP contribution is -2.37. The summed E-state index contributed by atoms with van der Waals surface area (Å²) in [4.78, 5) is 28.7. The van der Waals surface area contributed by atoms with Crippen molar-refractivity contribution in [3.63, 3.8) is 0 Å². The van der Waals surface area contributed by atoms with Gasteiger partial charge in [-0.15, -0.1) is 0 Å². The van der Waals surface area contributed by atoms with E-state index in [0.29, 0.717) is 36.1 Å². The van der Waals surface area contributed by atoms with Crippen LogP contribution in [0.25, 0.3) is 11.2 Å². The molecule has 0 aromatic carbocycles. The molecule has 21 heavy (non-hydrogen) atoms. The summed E-state index contributed by atoms with van der Waals surface area (Å²) in [6.45, 7) is 4.96. The van der Waals surface area contributed by atoms with Crippen LogP contribution in [0.15, 0.2) is 9.59 Å². The predicted molar refractivity (Wildman–Crippen MR) is 80.6 cm³/mol. The molecule has 2 rings (SSSR count). The Morgan fingerprint density at radius 2 is 1.90 bits per heavy atom. The first-order chi connectivity index (χ1) is 9.88. The first-order valence-corrected chi connectivity index (χ1v) is 6.89. The maximum Gasteiger partial charge on any atom is 0.332 e. The summed E-state index contributed by atoms with van der Waals surface area (Å²) in [7, 11) is 3.05. The third kappa shape index (κ3) is 2.58. The second-order valence-corrected chi connectivity index (χ2v) is 5.47. The molecule has 8 nitrogen and oxygen atoms in total. The van der Waals surface area contributed by atoms with Gasteiger partial charge in [0.2, 0.25) is 5.95 Å². The van der Waals surface area contributed by atoms with E-state index < -0.39 is 5.69 Å². The zero-order chi connectivity index (χ0) is 15.7. The summed E-state index contributed by atoms with van der Waals surface area (Å²) in [5.74, 6) is 0.796. The Morgan fingerprint density at radius 1 is 1.24 bits per heavy atom.